The van der Waals surface area contributed by atoms with E-state index in [1.807, 2.05) is 6.92 Å². The van der Waals surface area contributed by atoms with E-state index in [-0.39, 0.29) is 23.5 Å². The molecule has 0 aromatic heterocycles. The SMILES string of the molecule is CCC(C(N)=O)N1CC(CNC(=O)CS)CC1=O. The molecule has 0 aliphatic carbocycles. The van der Waals surface area contributed by atoms with Gasteiger partial charge >= 0.3 is 0 Å². The van der Waals surface area contributed by atoms with Crippen molar-refractivity contribution in [1.82, 2.24) is 10.2 Å². The standard InChI is InChI=1S/C11H19N3O3S/c1-2-8(11(12)17)14-5-7(3-10(14)16)4-13-9(15)6-18/h7-8,18H,2-6H2,1H3,(H2,12,17)(H,13,15). The van der Waals surface area contributed by atoms with Gasteiger partial charge in [0, 0.05) is 25.4 Å². The summed E-state index contributed by atoms with van der Waals surface area (Å²) in [7, 11) is 0. The molecule has 0 spiro atoms. The fraction of sp³-hybridized carbons (Fsp3) is 0.727. The van der Waals surface area contributed by atoms with Crippen molar-refractivity contribution in [2.24, 2.45) is 11.7 Å². The molecule has 18 heavy (non-hydrogen) atoms. The maximum absolute atomic E-state index is 11.8. The zero-order valence-corrected chi connectivity index (χ0v) is 11.3. The molecule has 0 aromatic rings. The second-order valence-corrected chi connectivity index (χ2v) is 4.72. The minimum atomic E-state index is -0.539. The number of hydrogen-bond donors (Lipinski definition) is 3. The highest BCUT2D eigenvalue weighted by atomic mass is 32.1. The lowest BCUT2D eigenvalue weighted by molar-refractivity contribution is -0.136. The van der Waals surface area contributed by atoms with Gasteiger partial charge in [-0.3, -0.25) is 14.4 Å². The van der Waals surface area contributed by atoms with Crippen LogP contribution in [-0.4, -0.2) is 47.5 Å². The van der Waals surface area contributed by atoms with Crippen molar-refractivity contribution in [1.29, 1.82) is 0 Å². The summed E-state index contributed by atoms with van der Waals surface area (Å²) in [5.41, 5.74) is 5.27. The Hall–Kier alpha value is -1.24. The number of hydrogen-bond acceptors (Lipinski definition) is 4. The number of carbonyl (C=O) groups is 3. The number of likely N-dealkylation sites (tertiary alicyclic amines) is 1. The first-order valence-electron chi connectivity index (χ1n) is 5.95. The van der Waals surface area contributed by atoms with Gasteiger partial charge in [0.2, 0.25) is 17.7 Å². The molecule has 0 radical (unpaired) electrons. The van der Waals surface area contributed by atoms with Crippen LogP contribution in [0.25, 0.3) is 0 Å². The van der Waals surface area contributed by atoms with Gasteiger partial charge in [0.25, 0.3) is 0 Å². The number of rotatable bonds is 6. The highest BCUT2D eigenvalue weighted by Crippen LogP contribution is 2.20. The number of primary amides is 1. The first-order chi connectivity index (χ1) is 8.49. The quantitative estimate of drug-likeness (QED) is 0.550. The average molecular weight is 273 g/mol. The highest BCUT2D eigenvalue weighted by molar-refractivity contribution is 7.81. The van der Waals surface area contributed by atoms with Crippen molar-refractivity contribution in [3.63, 3.8) is 0 Å². The molecule has 1 aliphatic heterocycles. The van der Waals surface area contributed by atoms with Crippen molar-refractivity contribution in [2.75, 3.05) is 18.8 Å². The molecule has 2 atom stereocenters. The second-order valence-electron chi connectivity index (χ2n) is 4.40. The fourth-order valence-corrected chi connectivity index (χ4v) is 2.25. The number of thiol groups is 1. The Kier molecular flexibility index (Phi) is 5.46. The minimum absolute atomic E-state index is 0.0368. The minimum Gasteiger partial charge on any atom is -0.368 e. The topological polar surface area (TPSA) is 92.5 Å². The molecule has 1 rings (SSSR count). The summed E-state index contributed by atoms with van der Waals surface area (Å²) in [5, 5.41) is 2.69. The number of nitrogens with zero attached hydrogens (tertiary/aromatic N) is 1. The van der Waals surface area contributed by atoms with Gasteiger partial charge in [0.1, 0.15) is 6.04 Å². The Morgan fingerprint density at radius 3 is 2.78 bits per heavy atom. The van der Waals surface area contributed by atoms with Crippen molar-refractivity contribution >= 4 is 30.4 Å². The third kappa shape index (κ3) is 3.63. The smallest absolute Gasteiger partial charge is 0.240 e. The van der Waals surface area contributed by atoms with E-state index < -0.39 is 11.9 Å². The van der Waals surface area contributed by atoms with Crippen LogP contribution < -0.4 is 11.1 Å². The first kappa shape index (κ1) is 14.8. The zero-order valence-electron chi connectivity index (χ0n) is 10.4. The molecule has 1 aliphatic rings. The van der Waals surface area contributed by atoms with Gasteiger partial charge in [-0.1, -0.05) is 6.92 Å². The molecule has 1 fully saturated rings. The Bertz CT molecular complexity index is 348. The predicted octanol–water partition coefficient (Wildman–Crippen LogP) is -0.855. The van der Waals surface area contributed by atoms with Crippen LogP contribution in [0.3, 0.4) is 0 Å². The average Bonchev–Trinajstić information content (AvgIpc) is 2.68. The molecule has 3 N–H and O–H groups in total. The monoisotopic (exact) mass is 273 g/mol. The molecular formula is C11H19N3O3S. The molecule has 0 aromatic carbocycles. The Morgan fingerprint density at radius 2 is 2.28 bits per heavy atom. The van der Waals surface area contributed by atoms with Crippen LogP contribution >= 0.6 is 12.6 Å². The van der Waals surface area contributed by atoms with E-state index in [2.05, 4.69) is 17.9 Å². The highest BCUT2D eigenvalue weighted by Gasteiger charge is 2.35. The summed E-state index contributed by atoms with van der Waals surface area (Å²) in [4.78, 5) is 35.6. The van der Waals surface area contributed by atoms with Gasteiger partial charge in [-0.25, -0.2) is 0 Å². The molecule has 3 amide bonds. The predicted molar refractivity (Wildman–Crippen MR) is 70.0 cm³/mol. The molecule has 102 valence electrons. The largest absolute Gasteiger partial charge is 0.368 e. The van der Waals surface area contributed by atoms with Gasteiger partial charge in [-0.15, -0.1) is 0 Å². The van der Waals surface area contributed by atoms with Gasteiger partial charge < -0.3 is 16.0 Å². The normalized spacial score (nSPS) is 20.9. The van der Waals surface area contributed by atoms with E-state index >= 15 is 0 Å². The lowest BCUT2D eigenvalue weighted by Crippen LogP contribution is -2.45. The van der Waals surface area contributed by atoms with Crippen LogP contribution in [0.4, 0.5) is 0 Å². The summed E-state index contributed by atoms with van der Waals surface area (Å²) in [6, 6.07) is -0.539. The number of amides is 3. The Labute approximate surface area is 112 Å². The lowest BCUT2D eigenvalue weighted by atomic mass is 10.1. The van der Waals surface area contributed by atoms with Crippen molar-refractivity contribution in [2.45, 2.75) is 25.8 Å². The van der Waals surface area contributed by atoms with Crippen molar-refractivity contribution < 1.29 is 14.4 Å². The molecule has 2 unspecified atom stereocenters. The second kappa shape index (κ2) is 6.63. The molecule has 0 bridgehead atoms. The van der Waals surface area contributed by atoms with E-state index in [0.717, 1.165) is 0 Å². The molecule has 0 saturated carbocycles. The number of nitrogens with two attached hydrogens (primary N) is 1. The van der Waals surface area contributed by atoms with Gasteiger partial charge in [0.05, 0.1) is 5.75 Å². The van der Waals surface area contributed by atoms with Crippen LogP contribution in [0.2, 0.25) is 0 Å². The molecular weight excluding hydrogens is 254 g/mol. The van der Waals surface area contributed by atoms with Crippen LogP contribution in [0, 0.1) is 5.92 Å². The first-order valence-corrected chi connectivity index (χ1v) is 6.59. The zero-order chi connectivity index (χ0) is 13.7. The van der Waals surface area contributed by atoms with E-state index in [4.69, 9.17) is 5.73 Å². The molecule has 7 heteroatoms. The molecule has 1 saturated heterocycles. The fourth-order valence-electron chi connectivity index (χ4n) is 2.14. The van der Waals surface area contributed by atoms with Gasteiger partial charge in [-0.2, -0.15) is 12.6 Å². The maximum Gasteiger partial charge on any atom is 0.240 e. The summed E-state index contributed by atoms with van der Waals surface area (Å²) < 4.78 is 0. The van der Waals surface area contributed by atoms with Crippen LogP contribution in [0.15, 0.2) is 0 Å². The van der Waals surface area contributed by atoms with Gasteiger partial charge in [0.15, 0.2) is 0 Å². The molecule has 6 nitrogen and oxygen atoms in total. The van der Waals surface area contributed by atoms with Crippen molar-refractivity contribution in [3.05, 3.63) is 0 Å². The Morgan fingerprint density at radius 1 is 1.61 bits per heavy atom. The summed E-state index contributed by atoms with van der Waals surface area (Å²) in [6.07, 6.45) is 0.855. The Balaban J connectivity index is 2.53. The van der Waals surface area contributed by atoms with Crippen LogP contribution in [0.1, 0.15) is 19.8 Å². The summed E-state index contributed by atoms with van der Waals surface area (Å²) in [5.74, 6) is -0.555. The maximum atomic E-state index is 11.8. The van der Waals surface area contributed by atoms with Crippen molar-refractivity contribution in [3.8, 4) is 0 Å². The summed E-state index contributed by atoms with van der Waals surface area (Å²) >= 11 is 3.85. The van der Waals surface area contributed by atoms with E-state index in [1.54, 1.807) is 0 Å². The number of nitrogens with one attached hydrogen (secondary N) is 1. The summed E-state index contributed by atoms with van der Waals surface area (Å²) in [6.45, 7) is 2.71. The third-order valence-corrected chi connectivity index (χ3v) is 3.35. The van der Waals surface area contributed by atoms with Gasteiger partial charge in [-0.05, 0) is 6.42 Å². The molecule has 1 heterocycles. The van der Waals surface area contributed by atoms with E-state index in [1.165, 1.54) is 4.90 Å². The third-order valence-electron chi connectivity index (χ3n) is 3.06. The number of carbonyl (C=O) groups excluding carboxylic acids is 3. The van der Waals surface area contributed by atoms with Crippen LogP contribution in [-0.2, 0) is 14.4 Å². The van der Waals surface area contributed by atoms with Crippen LogP contribution in [0.5, 0.6) is 0 Å². The lowest BCUT2D eigenvalue weighted by Gasteiger charge is -2.24. The van der Waals surface area contributed by atoms with E-state index in [0.29, 0.717) is 25.9 Å². The van der Waals surface area contributed by atoms with E-state index in [9.17, 15) is 14.4 Å².